The van der Waals surface area contributed by atoms with Gasteiger partial charge in [-0.2, -0.15) is 0 Å². The molecule has 0 aliphatic carbocycles. The van der Waals surface area contributed by atoms with E-state index in [0.29, 0.717) is 43.1 Å². The summed E-state index contributed by atoms with van der Waals surface area (Å²) in [6.07, 6.45) is 0.561. The lowest BCUT2D eigenvalue weighted by atomic mass is 10.1. The molecular formula is C14H20N2O4S. The number of anilines is 2. The van der Waals surface area contributed by atoms with Crippen LogP contribution in [-0.2, 0) is 14.6 Å². The molecule has 0 amide bonds. The van der Waals surface area contributed by atoms with Gasteiger partial charge in [0, 0.05) is 13.1 Å². The molecule has 0 atom stereocenters. The number of rotatable bonds is 3. The summed E-state index contributed by atoms with van der Waals surface area (Å²) in [5.74, 6) is -0.0990. The second-order valence-electron chi connectivity index (χ2n) is 4.99. The molecule has 1 aromatic rings. The molecule has 0 saturated carbocycles. The molecule has 1 fully saturated rings. The molecule has 1 aliphatic rings. The number of nitrogens with two attached hydrogens (primary N) is 1. The summed E-state index contributed by atoms with van der Waals surface area (Å²) in [4.78, 5) is 13.7. The lowest BCUT2D eigenvalue weighted by Crippen LogP contribution is -2.27. The number of sulfone groups is 1. The number of hydrogen-bond acceptors (Lipinski definition) is 6. The molecule has 1 saturated heterocycles. The Bertz CT molecular complexity index is 628. The molecule has 2 rings (SSSR count). The molecule has 6 nitrogen and oxygen atoms in total. The highest BCUT2D eigenvalue weighted by Gasteiger charge is 2.21. The van der Waals surface area contributed by atoms with Crippen molar-refractivity contribution in [2.45, 2.75) is 13.3 Å². The molecule has 1 heterocycles. The zero-order valence-corrected chi connectivity index (χ0v) is 12.9. The quantitative estimate of drug-likeness (QED) is 0.663. The van der Waals surface area contributed by atoms with E-state index in [1.165, 1.54) is 0 Å². The lowest BCUT2D eigenvalue weighted by molar-refractivity contribution is 0.0526. The van der Waals surface area contributed by atoms with Gasteiger partial charge in [-0.3, -0.25) is 0 Å². The van der Waals surface area contributed by atoms with Gasteiger partial charge in [0.1, 0.15) is 0 Å². The predicted octanol–water partition coefficient (Wildman–Crippen LogP) is 1.07. The third-order valence-electron chi connectivity index (χ3n) is 3.44. The normalized spacial score (nSPS) is 18.0. The van der Waals surface area contributed by atoms with Crippen LogP contribution in [-0.4, -0.2) is 45.6 Å². The van der Waals surface area contributed by atoms with Crippen molar-refractivity contribution < 1.29 is 17.9 Å². The second kappa shape index (κ2) is 6.34. The van der Waals surface area contributed by atoms with Crippen LogP contribution in [0.5, 0.6) is 0 Å². The summed E-state index contributed by atoms with van der Waals surface area (Å²) in [5, 5.41) is 0. The number of carbonyl (C=O) groups is 1. The van der Waals surface area contributed by atoms with Crippen LogP contribution in [0.15, 0.2) is 18.2 Å². The summed E-state index contributed by atoms with van der Waals surface area (Å²) in [5.41, 5.74) is 7.62. The first kappa shape index (κ1) is 15.6. The van der Waals surface area contributed by atoms with Gasteiger partial charge in [0.15, 0.2) is 9.84 Å². The van der Waals surface area contributed by atoms with Crippen LogP contribution >= 0.6 is 0 Å². The third kappa shape index (κ3) is 3.87. The molecule has 7 heteroatoms. The van der Waals surface area contributed by atoms with Crippen LogP contribution in [0.3, 0.4) is 0 Å². The van der Waals surface area contributed by atoms with Crippen LogP contribution in [0, 0.1) is 0 Å². The summed E-state index contributed by atoms with van der Waals surface area (Å²) < 4.78 is 28.3. The molecule has 0 unspecified atom stereocenters. The third-order valence-corrected chi connectivity index (χ3v) is 5.15. The maximum atomic E-state index is 11.8. The molecule has 1 aliphatic heterocycles. The van der Waals surface area contributed by atoms with Crippen LogP contribution in [0.2, 0.25) is 0 Å². The zero-order valence-electron chi connectivity index (χ0n) is 12.0. The minimum Gasteiger partial charge on any atom is -0.462 e. The highest BCUT2D eigenvalue weighted by atomic mass is 32.2. The van der Waals surface area contributed by atoms with Crippen molar-refractivity contribution in [3.05, 3.63) is 23.8 Å². The van der Waals surface area contributed by atoms with Gasteiger partial charge in [-0.25, -0.2) is 13.2 Å². The second-order valence-corrected chi connectivity index (χ2v) is 7.29. The summed E-state index contributed by atoms with van der Waals surface area (Å²) in [6.45, 7) is 3.05. The van der Waals surface area contributed by atoms with E-state index in [4.69, 9.17) is 10.5 Å². The lowest BCUT2D eigenvalue weighted by Gasteiger charge is -2.24. The van der Waals surface area contributed by atoms with Crippen molar-refractivity contribution in [1.82, 2.24) is 0 Å². The van der Waals surface area contributed by atoms with Crippen molar-refractivity contribution >= 4 is 27.2 Å². The smallest absolute Gasteiger partial charge is 0.338 e. The Morgan fingerprint density at radius 3 is 2.81 bits per heavy atom. The van der Waals surface area contributed by atoms with Crippen LogP contribution in [0.25, 0.3) is 0 Å². The van der Waals surface area contributed by atoms with E-state index in [2.05, 4.69) is 0 Å². The fourth-order valence-corrected chi connectivity index (χ4v) is 3.61. The zero-order chi connectivity index (χ0) is 15.5. The fraction of sp³-hybridized carbons (Fsp3) is 0.500. The Hall–Kier alpha value is -1.76. The monoisotopic (exact) mass is 312 g/mol. The first-order valence-electron chi connectivity index (χ1n) is 6.95. The molecule has 0 radical (unpaired) electrons. The Balaban J connectivity index is 2.26. The highest BCUT2D eigenvalue weighted by Crippen LogP contribution is 2.26. The molecule has 21 heavy (non-hydrogen) atoms. The Morgan fingerprint density at radius 1 is 1.33 bits per heavy atom. The van der Waals surface area contributed by atoms with Crippen molar-refractivity contribution in [3.63, 3.8) is 0 Å². The van der Waals surface area contributed by atoms with Gasteiger partial charge in [0.05, 0.1) is 35.1 Å². The average Bonchev–Trinajstić information content (AvgIpc) is 2.60. The molecular weight excluding hydrogens is 292 g/mol. The first-order chi connectivity index (χ1) is 9.93. The van der Waals surface area contributed by atoms with Crippen molar-refractivity contribution in [1.29, 1.82) is 0 Å². The van der Waals surface area contributed by atoms with Gasteiger partial charge in [-0.1, -0.05) is 0 Å². The molecule has 0 spiro atoms. The van der Waals surface area contributed by atoms with E-state index < -0.39 is 15.8 Å². The fourth-order valence-electron chi connectivity index (χ4n) is 2.34. The number of ether oxygens (including phenoxy) is 1. The maximum absolute atomic E-state index is 11.8. The Morgan fingerprint density at radius 2 is 2.10 bits per heavy atom. The Labute approximate surface area is 124 Å². The van der Waals surface area contributed by atoms with Gasteiger partial charge in [0.2, 0.25) is 0 Å². The molecule has 1 aromatic carbocycles. The van der Waals surface area contributed by atoms with E-state index in [1.54, 1.807) is 25.1 Å². The van der Waals surface area contributed by atoms with Crippen molar-refractivity contribution in [3.8, 4) is 0 Å². The van der Waals surface area contributed by atoms with E-state index in [1.807, 2.05) is 4.90 Å². The van der Waals surface area contributed by atoms with Gasteiger partial charge in [-0.05, 0) is 31.5 Å². The number of nitrogens with zero attached hydrogens (tertiary/aromatic N) is 1. The van der Waals surface area contributed by atoms with Crippen LogP contribution in [0.4, 0.5) is 11.4 Å². The van der Waals surface area contributed by atoms with Crippen LogP contribution < -0.4 is 10.6 Å². The first-order valence-corrected chi connectivity index (χ1v) is 8.77. The highest BCUT2D eigenvalue weighted by molar-refractivity contribution is 7.91. The number of nitrogen functional groups attached to an aromatic ring is 1. The maximum Gasteiger partial charge on any atom is 0.338 e. The minimum absolute atomic E-state index is 0.107. The number of esters is 1. The Kier molecular flexibility index (Phi) is 4.72. The number of hydrogen-bond donors (Lipinski definition) is 1. The topological polar surface area (TPSA) is 89.7 Å². The van der Waals surface area contributed by atoms with Gasteiger partial charge >= 0.3 is 5.97 Å². The van der Waals surface area contributed by atoms with Crippen molar-refractivity contribution in [2.24, 2.45) is 0 Å². The van der Waals surface area contributed by atoms with Crippen molar-refractivity contribution in [2.75, 3.05) is 41.8 Å². The van der Waals surface area contributed by atoms with Gasteiger partial charge in [0.25, 0.3) is 0 Å². The molecule has 0 aromatic heterocycles. The van der Waals surface area contributed by atoms with E-state index in [9.17, 15) is 13.2 Å². The standard InChI is InChI=1S/C14H20N2O4S/c1-2-20-14(17)11-4-5-12(15)13(10-11)16-6-3-8-21(18,19)9-7-16/h4-5,10H,2-3,6-9,15H2,1H3. The van der Waals surface area contributed by atoms with E-state index in [-0.39, 0.29) is 11.5 Å². The minimum atomic E-state index is -2.98. The SMILES string of the molecule is CCOC(=O)c1ccc(N)c(N2CCCS(=O)(=O)CC2)c1. The van der Waals surface area contributed by atoms with E-state index in [0.717, 1.165) is 0 Å². The van der Waals surface area contributed by atoms with Gasteiger partial charge < -0.3 is 15.4 Å². The summed E-state index contributed by atoms with van der Waals surface area (Å²) in [7, 11) is -2.98. The van der Waals surface area contributed by atoms with Crippen LogP contribution in [0.1, 0.15) is 23.7 Å². The molecule has 2 N–H and O–H groups in total. The number of benzene rings is 1. The predicted molar refractivity (Wildman–Crippen MR) is 82.3 cm³/mol. The molecule has 0 bridgehead atoms. The average molecular weight is 312 g/mol. The summed E-state index contributed by atoms with van der Waals surface area (Å²) >= 11 is 0. The largest absolute Gasteiger partial charge is 0.462 e. The molecule has 116 valence electrons. The van der Waals surface area contributed by atoms with E-state index >= 15 is 0 Å². The van der Waals surface area contributed by atoms with Gasteiger partial charge in [-0.15, -0.1) is 0 Å². The number of carbonyl (C=O) groups excluding carboxylic acids is 1. The summed E-state index contributed by atoms with van der Waals surface area (Å²) in [6, 6.07) is 4.94.